The highest BCUT2D eigenvalue weighted by Crippen LogP contribution is 2.10. The summed E-state index contributed by atoms with van der Waals surface area (Å²) in [6.07, 6.45) is 1.99. The molecule has 98 valence electrons. The van der Waals surface area contributed by atoms with E-state index in [1.165, 1.54) is 6.92 Å². The molecular formula is C14H20N2O2. The van der Waals surface area contributed by atoms with Gasteiger partial charge in [-0.3, -0.25) is 4.79 Å². The maximum atomic E-state index is 11.6. The van der Waals surface area contributed by atoms with Crippen LogP contribution in [0, 0.1) is 0 Å². The number of ketones is 1. The molecule has 0 aromatic heterocycles. The Balaban J connectivity index is 2.51. The highest BCUT2D eigenvalue weighted by Gasteiger charge is 2.06. The van der Waals surface area contributed by atoms with Crippen LogP contribution in [0.15, 0.2) is 24.3 Å². The van der Waals surface area contributed by atoms with E-state index in [2.05, 4.69) is 17.6 Å². The zero-order valence-electron chi connectivity index (χ0n) is 11.1. The van der Waals surface area contributed by atoms with Crippen LogP contribution in [-0.4, -0.2) is 17.9 Å². The molecule has 0 saturated carbocycles. The number of hydrogen-bond acceptors (Lipinski definition) is 2. The van der Waals surface area contributed by atoms with Crippen molar-refractivity contribution in [2.24, 2.45) is 0 Å². The second-order valence-corrected chi connectivity index (χ2v) is 4.42. The van der Waals surface area contributed by atoms with Gasteiger partial charge in [0, 0.05) is 17.3 Å². The van der Waals surface area contributed by atoms with Gasteiger partial charge in [0.25, 0.3) is 0 Å². The van der Waals surface area contributed by atoms with E-state index in [9.17, 15) is 9.59 Å². The molecule has 2 N–H and O–H groups in total. The van der Waals surface area contributed by atoms with Gasteiger partial charge < -0.3 is 10.6 Å². The van der Waals surface area contributed by atoms with Gasteiger partial charge in [-0.25, -0.2) is 4.79 Å². The molecule has 4 heteroatoms. The van der Waals surface area contributed by atoms with Crippen LogP contribution in [0.1, 0.15) is 44.0 Å². The maximum Gasteiger partial charge on any atom is 0.319 e. The minimum atomic E-state index is -0.216. The quantitative estimate of drug-likeness (QED) is 0.786. The average molecular weight is 248 g/mol. The van der Waals surface area contributed by atoms with E-state index < -0.39 is 0 Å². The van der Waals surface area contributed by atoms with Crippen LogP contribution in [-0.2, 0) is 0 Å². The van der Waals surface area contributed by atoms with Gasteiger partial charge in [-0.15, -0.1) is 0 Å². The predicted octanol–water partition coefficient (Wildman–Crippen LogP) is 3.20. The van der Waals surface area contributed by atoms with Gasteiger partial charge >= 0.3 is 6.03 Å². The lowest BCUT2D eigenvalue weighted by Crippen LogP contribution is -2.35. The fraction of sp³-hybridized carbons (Fsp3) is 0.429. The molecular weight excluding hydrogens is 228 g/mol. The Labute approximate surface area is 108 Å². The molecule has 18 heavy (non-hydrogen) atoms. The Kier molecular flexibility index (Phi) is 5.36. The van der Waals surface area contributed by atoms with Crippen LogP contribution < -0.4 is 10.6 Å². The minimum Gasteiger partial charge on any atom is -0.335 e. The molecule has 1 atom stereocenters. The van der Waals surface area contributed by atoms with Gasteiger partial charge in [-0.1, -0.05) is 13.3 Å². The summed E-state index contributed by atoms with van der Waals surface area (Å²) < 4.78 is 0. The number of anilines is 1. The molecule has 1 rings (SSSR count). The highest BCUT2D eigenvalue weighted by atomic mass is 16.2. The summed E-state index contributed by atoms with van der Waals surface area (Å²) in [6, 6.07) is 6.79. The first kappa shape index (κ1) is 14.2. The molecule has 0 saturated heterocycles. The first-order valence-corrected chi connectivity index (χ1v) is 6.21. The van der Waals surface area contributed by atoms with E-state index in [1.54, 1.807) is 24.3 Å². The van der Waals surface area contributed by atoms with Gasteiger partial charge in [0.1, 0.15) is 0 Å². The second kappa shape index (κ2) is 6.79. The fourth-order valence-electron chi connectivity index (χ4n) is 1.68. The van der Waals surface area contributed by atoms with E-state index in [4.69, 9.17) is 0 Å². The van der Waals surface area contributed by atoms with Crippen LogP contribution in [0.5, 0.6) is 0 Å². The Hall–Kier alpha value is -1.84. The number of nitrogens with one attached hydrogen (secondary N) is 2. The summed E-state index contributed by atoms with van der Waals surface area (Å²) in [5, 5.41) is 5.59. The Morgan fingerprint density at radius 3 is 2.33 bits per heavy atom. The largest absolute Gasteiger partial charge is 0.335 e. The third-order valence-electron chi connectivity index (χ3n) is 2.65. The number of carbonyl (C=O) groups is 2. The minimum absolute atomic E-state index is 0.0163. The lowest BCUT2D eigenvalue weighted by Gasteiger charge is -2.13. The molecule has 0 aliphatic heterocycles. The van der Waals surface area contributed by atoms with E-state index >= 15 is 0 Å². The van der Waals surface area contributed by atoms with Crippen molar-refractivity contribution in [2.75, 3.05) is 5.32 Å². The van der Waals surface area contributed by atoms with Gasteiger partial charge in [0.05, 0.1) is 0 Å². The van der Waals surface area contributed by atoms with Crippen molar-refractivity contribution < 1.29 is 9.59 Å². The summed E-state index contributed by atoms with van der Waals surface area (Å²) >= 11 is 0. The van der Waals surface area contributed by atoms with Crippen molar-refractivity contribution in [2.45, 2.75) is 39.7 Å². The standard InChI is InChI=1S/C14H20N2O2/c1-4-5-10(2)15-14(18)16-13-8-6-12(7-9-13)11(3)17/h6-10H,4-5H2,1-3H3,(H2,15,16,18). The van der Waals surface area contributed by atoms with Crippen molar-refractivity contribution >= 4 is 17.5 Å². The van der Waals surface area contributed by atoms with Crippen molar-refractivity contribution in [3.05, 3.63) is 29.8 Å². The van der Waals surface area contributed by atoms with Crippen LogP contribution in [0.4, 0.5) is 10.5 Å². The number of carbonyl (C=O) groups excluding carboxylic acids is 2. The molecule has 0 aliphatic rings. The molecule has 1 aromatic carbocycles. The first-order valence-electron chi connectivity index (χ1n) is 6.21. The van der Waals surface area contributed by atoms with Gasteiger partial charge in [-0.2, -0.15) is 0 Å². The summed E-state index contributed by atoms with van der Waals surface area (Å²) in [5.74, 6) is 0.0163. The maximum absolute atomic E-state index is 11.6. The fourth-order valence-corrected chi connectivity index (χ4v) is 1.68. The highest BCUT2D eigenvalue weighted by molar-refractivity contribution is 5.95. The molecule has 0 spiro atoms. The van der Waals surface area contributed by atoms with Crippen molar-refractivity contribution in [3.63, 3.8) is 0 Å². The number of amides is 2. The number of urea groups is 1. The SMILES string of the molecule is CCCC(C)NC(=O)Nc1ccc(C(C)=O)cc1. The molecule has 0 radical (unpaired) electrons. The van der Waals surface area contributed by atoms with E-state index in [0.29, 0.717) is 11.3 Å². The lowest BCUT2D eigenvalue weighted by molar-refractivity contribution is 0.101. The van der Waals surface area contributed by atoms with Crippen molar-refractivity contribution in [1.82, 2.24) is 5.32 Å². The van der Waals surface area contributed by atoms with Crippen molar-refractivity contribution in [3.8, 4) is 0 Å². The smallest absolute Gasteiger partial charge is 0.319 e. The zero-order valence-corrected chi connectivity index (χ0v) is 11.1. The van der Waals surface area contributed by atoms with Crippen LogP contribution in [0.2, 0.25) is 0 Å². The summed E-state index contributed by atoms with van der Waals surface area (Å²) in [4.78, 5) is 22.7. The molecule has 2 amide bonds. The molecule has 1 unspecified atom stereocenters. The third kappa shape index (κ3) is 4.57. The van der Waals surface area contributed by atoms with Crippen molar-refractivity contribution in [1.29, 1.82) is 0 Å². The number of benzene rings is 1. The van der Waals surface area contributed by atoms with E-state index in [-0.39, 0.29) is 17.9 Å². The van der Waals surface area contributed by atoms with Crippen LogP contribution in [0.3, 0.4) is 0 Å². The molecule has 0 heterocycles. The molecule has 1 aromatic rings. The van der Waals surface area contributed by atoms with Crippen LogP contribution >= 0.6 is 0 Å². The first-order chi connectivity index (χ1) is 8.52. The number of hydrogen-bond donors (Lipinski definition) is 2. The lowest BCUT2D eigenvalue weighted by atomic mass is 10.1. The topological polar surface area (TPSA) is 58.2 Å². The van der Waals surface area contributed by atoms with E-state index in [1.807, 2.05) is 6.92 Å². The van der Waals surface area contributed by atoms with Crippen LogP contribution in [0.25, 0.3) is 0 Å². The Bertz CT molecular complexity index is 412. The van der Waals surface area contributed by atoms with E-state index in [0.717, 1.165) is 12.8 Å². The molecule has 0 fully saturated rings. The zero-order chi connectivity index (χ0) is 13.5. The second-order valence-electron chi connectivity index (χ2n) is 4.42. The Morgan fingerprint density at radius 2 is 1.83 bits per heavy atom. The normalized spacial score (nSPS) is 11.7. The monoisotopic (exact) mass is 248 g/mol. The molecule has 0 bridgehead atoms. The third-order valence-corrected chi connectivity index (χ3v) is 2.65. The van der Waals surface area contributed by atoms with Gasteiger partial charge in [-0.05, 0) is 44.5 Å². The van der Waals surface area contributed by atoms with Gasteiger partial charge in [0.15, 0.2) is 5.78 Å². The predicted molar refractivity (Wildman–Crippen MR) is 73.0 cm³/mol. The number of rotatable bonds is 5. The Morgan fingerprint density at radius 1 is 1.22 bits per heavy atom. The average Bonchev–Trinajstić information content (AvgIpc) is 2.29. The van der Waals surface area contributed by atoms with Gasteiger partial charge in [0.2, 0.25) is 0 Å². The molecule has 0 aliphatic carbocycles. The molecule has 4 nitrogen and oxygen atoms in total. The summed E-state index contributed by atoms with van der Waals surface area (Å²) in [7, 11) is 0. The summed E-state index contributed by atoms with van der Waals surface area (Å²) in [5.41, 5.74) is 1.32. The summed E-state index contributed by atoms with van der Waals surface area (Å²) in [6.45, 7) is 5.57. The number of Topliss-reactive ketones (excluding diaryl/α,β-unsaturated/α-hetero) is 1.